The van der Waals surface area contributed by atoms with Crippen LogP contribution in [0.4, 0.5) is 5.69 Å². The van der Waals surface area contributed by atoms with Crippen LogP contribution in [0, 0.1) is 0 Å². The molecule has 2 aromatic rings. The molecule has 10 nitrogen and oxygen atoms in total. The zero-order chi connectivity index (χ0) is 23.0. The number of rotatable bonds is 11. The van der Waals surface area contributed by atoms with Crippen LogP contribution in [0.25, 0.3) is 0 Å². The number of carbonyl (C=O) groups excluding carboxylic acids is 2. The van der Waals surface area contributed by atoms with Gasteiger partial charge in [0.15, 0.2) is 11.5 Å². The molecule has 168 valence electrons. The van der Waals surface area contributed by atoms with Crippen LogP contribution in [-0.2, 0) is 21.3 Å². The fourth-order valence-corrected chi connectivity index (χ4v) is 3.51. The number of carbonyl (C=O) groups is 2. The first kappa shape index (κ1) is 24.0. The van der Waals surface area contributed by atoms with Gasteiger partial charge in [-0.05, 0) is 42.3 Å². The summed E-state index contributed by atoms with van der Waals surface area (Å²) in [4.78, 5) is 24.9. The number of nitrogens with zero attached hydrogens (tertiary/aromatic N) is 1. The second-order valence-electron chi connectivity index (χ2n) is 6.61. The Kier molecular flexibility index (Phi) is 8.22. The Hall–Kier alpha value is -3.31. The van der Waals surface area contributed by atoms with Gasteiger partial charge in [0.05, 0.1) is 20.8 Å². The van der Waals surface area contributed by atoms with Crippen molar-refractivity contribution in [1.29, 1.82) is 0 Å². The predicted molar refractivity (Wildman–Crippen MR) is 115 cm³/mol. The normalized spacial score (nSPS) is 10.9. The van der Waals surface area contributed by atoms with Gasteiger partial charge in [-0.1, -0.05) is 12.1 Å². The fraction of sp³-hybridized carbons (Fsp3) is 0.300. The van der Waals surface area contributed by atoms with Gasteiger partial charge in [0, 0.05) is 17.8 Å². The monoisotopic (exact) mass is 451 g/mol. The quantitative estimate of drug-likeness (QED) is 0.425. The summed E-state index contributed by atoms with van der Waals surface area (Å²) in [6.07, 6.45) is 0.502. The maximum Gasteiger partial charge on any atom is 0.283 e. The van der Waals surface area contributed by atoms with Gasteiger partial charge in [-0.25, -0.2) is 0 Å². The van der Waals surface area contributed by atoms with Crippen molar-refractivity contribution in [3.63, 3.8) is 0 Å². The Morgan fingerprint density at radius 2 is 1.81 bits per heavy atom. The van der Waals surface area contributed by atoms with Gasteiger partial charge in [0.1, 0.15) is 5.88 Å². The molecule has 2 aromatic carbocycles. The molecule has 0 spiro atoms. The third-order valence-electron chi connectivity index (χ3n) is 4.33. The third-order valence-corrected chi connectivity index (χ3v) is 4.97. The molecule has 4 N–H and O–H groups in total. The molecule has 31 heavy (non-hydrogen) atoms. The summed E-state index contributed by atoms with van der Waals surface area (Å²) < 4.78 is 42.5. The smallest absolute Gasteiger partial charge is 0.283 e. The summed E-state index contributed by atoms with van der Waals surface area (Å²) in [5, 5.41) is 2.70. The van der Waals surface area contributed by atoms with E-state index in [9.17, 15) is 22.6 Å². The van der Waals surface area contributed by atoms with Crippen molar-refractivity contribution in [2.75, 3.05) is 38.1 Å². The molecule has 0 aliphatic carbocycles. The maximum atomic E-state index is 12.4. The van der Waals surface area contributed by atoms with Crippen LogP contribution in [0.3, 0.4) is 0 Å². The Morgan fingerprint density at radius 1 is 1.10 bits per heavy atom. The molecule has 0 aromatic heterocycles. The van der Waals surface area contributed by atoms with Gasteiger partial charge in [-0.15, -0.1) is 0 Å². The second kappa shape index (κ2) is 10.6. The minimum absolute atomic E-state index is 0.145. The topological polar surface area (TPSA) is 148 Å². The van der Waals surface area contributed by atoms with Crippen LogP contribution < -0.4 is 25.4 Å². The van der Waals surface area contributed by atoms with E-state index in [1.807, 2.05) is 6.07 Å². The van der Waals surface area contributed by atoms with Crippen LogP contribution in [0.5, 0.6) is 11.5 Å². The van der Waals surface area contributed by atoms with E-state index >= 15 is 0 Å². The van der Waals surface area contributed by atoms with Crippen molar-refractivity contribution in [2.45, 2.75) is 6.42 Å². The lowest BCUT2D eigenvalue weighted by molar-refractivity contribution is -0.119. The predicted octanol–water partition coefficient (Wildman–Crippen LogP) is 0.813. The molecule has 11 heteroatoms. The van der Waals surface area contributed by atoms with E-state index < -0.39 is 27.8 Å². The number of nitrogens with two attached hydrogens (primary N) is 1. The van der Waals surface area contributed by atoms with E-state index in [-0.39, 0.29) is 24.3 Å². The van der Waals surface area contributed by atoms with Gasteiger partial charge in [-0.2, -0.15) is 8.42 Å². The van der Waals surface area contributed by atoms with E-state index in [0.717, 1.165) is 10.5 Å². The molecule has 0 saturated heterocycles. The number of anilines is 1. The number of hydrogen-bond acceptors (Lipinski definition) is 7. The first-order valence-electron chi connectivity index (χ1n) is 9.20. The number of ether oxygens (including phenoxy) is 2. The maximum absolute atomic E-state index is 12.4. The van der Waals surface area contributed by atoms with Crippen molar-refractivity contribution in [3.8, 4) is 11.5 Å². The highest BCUT2D eigenvalue weighted by Crippen LogP contribution is 2.27. The van der Waals surface area contributed by atoms with E-state index in [0.29, 0.717) is 17.9 Å². The molecule has 0 atom stereocenters. The average molecular weight is 452 g/mol. The molecule has 0 bridgehead atoms. The van der Waals surface area contributed by atoms with E-state index in [2.05, 4.69) is 5.32 Å². The number of methoxy groups -OCH3 is 2. The molecule has 2 rings (SSSR count). The van der Waals surface area contributed by atoms with Crippen molar-refractivity contribution >= 4 is 27.6 Å². The molecule has 0 aliphatic heterocycles. The standard InChI is InChI=1S/C20H25N3O7S/c1-29-17-7-6-14(10-18(17)30-2)8-9-22-19(24)12-23(13-31(26,27)28)16-5-3-4-15(11-16)20(21)25/h3-7,10-11H,8-9,12-13H2,1-2H3,(H2,21,25)(H,22,24)(H,26,27,28). The van der Waals surface area contributed by atoms with Crippen molar-refractivity contribution in [1.82, 2.24) is 5.32 Å². The van der Waals surface area contributed by atoms with Crippen LogP contribution >= 0.6 is 0 Å². The Balaban J connectivity index is 2.04. The van der Waals surface area contributed by atoms with Gasteiger partial charge < -0.3 is 25.4 Å². The first-order valence-corrected chi connectivity index (χ1v) is 10.8. The summed E-state index contributed by atoms with van der Waals surface area (Å²) in [5.74, 6) is -0.825. The second-order valence-corrected chi connectivity index (χ2v) is 8.03. The van der Waals surface area contributed by atoms with E-state index in [1.165, 1.54) is 38.5 Å². The summed E-state index contributed by atoms with van der Waals surface area (Å²) >= 11 is 0. The Labute approximate surface area is 180 Å². The van der Waals surface area contributed by atoms with Crippen LogP contribution in [0.1, 0.15) is 15.9 Å². The largest absolute Gasteiger partial charge is 0.493 e. The van der Waals surface area contributed by atoms with Gasteiger partial charge in [0.2, 0.25) is 11.8 Å². The molecule has 0 aliphatic rings. The molecule has 0 unspecified atom stereocenters. The highest BCUT2D eigenvalue weighted by Gasteiger charge is 2.19. The van der Waals surface area contributed by atoms with Gasteiger partial charge >= 0.3 is 0 Å². The van der Waals surface area contributed by atoms with Crippen molar-refractivity contribution in [2.24, 2.45) is 5.73 Å². The zero-order valence-electron chi connectivity index (χ0n) is 17.2. The third kappa shape index (κ3) is 7.46. The molecular weight excluding hydrogens is 426 g/mol. The molecular formula is C20H25N3O7S. The molecule has 0 radical (unpaired) electrons. The molecule has 0 fully saturated rings. The van der Waals surface area contributed by atoms with Gasteiger partial charge in [-0.3, -0.25) is 14.1 Å². The fourth-order valence-electron chi connectivity index (χ4n) is 2.88. The first-order chi connectivity index (χ1) is 14.6. The number of benzene rings is 2. The SMILES string of the molecule is COc1ccc(CCNC(=O)CN(CS(=O)(=O)O)c2cccc(C(N)=O)c2)cc1OC. The Morgan fingerprint density at radius 3 is 2.42 bits per heavy atom. The summed E-state index contributed by atoms with van der Waals surface area (Å²) in [5.41, 5.74) is 6.55. The van der Waals surface area contributed by atoms with Crippen molar-refractivity contribution in [3.05, 3.63) is 53.6 Å². The lowest BCUT2D eigenvalue weighted by Crippen LogP contribution is -2.40. The molecule has 2 amide bonds. The number of hydrogen-bond donors (Lipinski definition) is 3. The molecule has 0 saturated carbocycles. The summed E-state index contributed by atoms with van der Waals surface area (Å²) in [6.45, 7) is -0.0662. The number of nitrogens with one attached hydrogen (secondary N) is 1. The minimum Gasteiger partial charge on any atom is -0.493 e. The van der Waals surface area contributed by atoms with Gasteiger partial charge in [0.25, 0.3) is 10.1 Å². The van der Waals surface area contributed by atoms with Crippen molar-refractivity contribution < 1.29 is 32.0 Å². The lowest BCUT2D eigenvalue weighted by atomic mass is 10.1. The zero-order valence-corrected chi connectivity index (χ0v) is 18.0. The van der Waals surface area contributed by atoms with Crippen LogP contribution in [-0.4, -0.2) is 58.0 Å². The highest BCUT2D eigenvalue weighted by molar-refractivity contribution is 7.85. The highest BCUT2D eigenvalue weighted by atomic mass is 32.2. The van der Waals surface area contributed by atoms with E-state index in [1.54, 1.807) is 12.1 Å². The van der Waals surface area contributed by atoms with Crippen LogP contribution in [0.2, 0.25) is 0 Å². The van der Waals surface area contributed by atoms with E-state index in [4.69, 9.17) is 15.2 Å². The number of amides is 2. The number of primary amides is 1. The Bertz CT molecular complexity index is 1040. The summed E-state index contributed by atoms with van der Waals surface area (Å²) in [6, 6.07) is 11.2. The average Bonchev–Trinajstić information content (AvgIpc) is 2.72. The molecule has 0 heterocycles. The summed E-state index contributed by atoms with van der Waals surface area (Å²) in [7, 11) is -1.36. The lowest BCUT2D eigenvalue weighted by Gasteiger charge is -2.23. The van der Waals surface area contributed by atoms with Crippen LogP contribution in [0.15, 0.2) is 42.5 Å². The minimum atomic E-state index is -4.42.